The van der Waals surface area contributed by atoms with E-state index in [4.69, 9.17) is 4.74 Å². The maximum atomic E-state index is 12.4. The van der Waals surface area contributed by atoms with Gasteiger partial charge in [0.2, 0.25) is 0 Å². The Balaban J connectivity index is 1.84. The molecule has 1 aliphatic rings. The monoisotopic (exact) mass is 320 g/mol. The predicted molar refractivity (Wildman–Crippen MR) is 84.9 cm³/mol. The van der Waals surface area contributed by atoms with Crippen molar-refractivity contribution in [2.75, 3.05) is 19.6 Å². The molecular formula is C16H24N4O3. The highest BCUT2D eigenvalue weighted by molar-refractivity contribution is 5.92. The molecule has 1 aliphatic heterocycles. The molecular weight excluding hydrogens is 296 g/mol. The van der Waals surface area contributed by atoms with E-state index in [0.717, 1.165) is 12.8 Å². The van der Waals surface area contributed by atoms with Crippen molar-refractivity contribution in [2.24, 2.45) is 5.92 Å². The highest BCUT2D eigenvalue weighted by Gasteiger charge is 2.26. The van der Waals surface area contributed by atoms with Crippen molar-refractivity contribution in [3.63, 3.8) is 0 Å². The van der Waals surface area contributed by atoms with Crippen molar-refractivity contribution in [2.45, 2.75) is 39.2 Å². The normalized spacial score (nSPS) is 18.4. The van der Waals surface area contributed by atoms with Gasteiger partial charge in [-0.1, -0.05) is 0 Å². The van der Waals surface area contributed by atoms with Crippen LogP contribution in [0.5, 0.6) is 0 Å². The lowest BCUT2D eigenvalue weighted by atomic mass is 9.98. The van der Waals surface area contributed by atoms with Crippen molar-refractivity contribution < 1.29 is 14.3 Å². The standard InChI is InChI=1S/C16H24N4O3/c1-16(2,3)23-15(22)19-9-12-5-4-8-20(11-12)14(21)13-10-17-6-7-18-13/h6-7,10,12H,4-5,8-9,11H2,1-3H3,(H,19,22). The van der Waals surface area contributed by atoms with Gasteiger partial charge in [-0.05, 0) is 39.5 Å². The Labute approximate surface area is 136 Å². The van der Waals surface area contributed by atoms with Crippen molar-refractivity contribution in [1.82, 2.24) is 20.2 Å². The fourth-order valence-corrected chi connectivity index (χ4v) is 2.53. The van der Waals surface area contributed by atoms with E-state index >= 15 is 0 Å². The topological polar surface area (TPSA) is 84.4 Å². The molecule has 7 heteroatoms. The first-order valence-corrected chi connectivity index (χ1v) is 7.87. The molecule has 7 nitrogen and oxygen atoms in total. The second-order valence-corrected chi connectivity index (χ2v) is 6.73. The number of likely N-dealkylation sites (tertiary alicyclic amines) is 1. The van der Waals surface area contributed by atoms with Crippen LogP contribution in [0.4, 0.5) is 4.79 Å². The Morgan fingerprint density at radius 2 is 2.17 bits per heavy atom. The van der Waals surface area contributed by atoms with Crippen molar-refractivity contribution >= 4 is 12.0 Å². The van der Waals surface area contributed by atoms with Crippen molar-refractivity contribution in [1.29, 1.82) is 0 Å². The average Bonchev–Trinajstić information content (AvgIpc) is 2.52. The molecule has 1 saturated heterocycles. The zero-order chi connectivity index (χ0) is 16.9. The van der Waals surface area contributed by atoms with Crippen LogP contribution in [0, 0.1) is 5.92 Å². The number of hydrogen-bond donors (Lipinski definition) is 1. The molecule has 0 aliphatic carbocycles. The molecule has 0 aromatic carbocycles. The zero-order valence-electron chi connectivity index (χ0n) is 13.9. The molecule has 1 fully saturated rings. The molecule has 0 spiro atoms. The third-order valence-electron chi connectivity index (χ3n) is 3.52. The summed E-state index contributed by atoms with van der Waals surface area (Å²) >= 11 is 0. The highest BCUT2D eigenvalue weighted by Crippen LogP contribution is 2.17. The molecule has 23 heavy (non-hydrogen) atoms. The SMILES string of the molecule is CC(C)(C)OC(=O)NCC1CCCN(C(=O)c2cnccn2)C1. The Hall–Kier alpha value is -2.18. The van der Waals surface area contributed by atoms with E-state index in [1.165, 1.54) is 12.4 Å². The number of carbonyl (C=O) groups is 2. The highest BCUT2D eigenvalue weighted by atomic mass is 16.6. The number of ether oxygens (including phenoxy) is 1. The maximum Gasteiger partial charge on any atom is 0.407 e. The van der Waals surface area contributed by atoms with Crippen LogP contribution in [0.1, 0.15) is 44.1 Å². The number of hydrogen-bond acceptors (Lipinski definition) is 5. The Morgan fingerprint density at radius 3 is 2.83 bits per heavy atom. The number of carbonyl (C=O) groups excluding carboxylic acids is 2. The molecule has 2 heterocycles. The molecule has 0 saturated carbocycles. The summed E-state index contributed by atoms with van der Waals surface area (Å²) in [5.41, 5.74) is -0.154. The summed E-state index contributed by atoms with van der Waals surface area (Å²) in [5, 5.41) is 2.78. The van der Waals surface area contributed by atoms with E-state index in [1.54, 1.807) is 11.1 Å². The third kappa shape index (κ3) is 5.50. The van der Waals surface area contributed by atoms with E-state index in [1.807, 2.05) is 20.8 Å². The fraction of sp³-hybridized carbons (Fsp3) is 0.625. The lowest BCUT2D eigenvalue weighted by Crippen LogP contribution is -2.44. The van der Waals surface area contributed by atoms with Gasteiger partial charge in [0.05, 0.1) is 6.20 Å². The molecule has 1 atom stereocenters. The predicted octanol–water partition coefficient (Wildman–Crippen LogP) is 1.85. The van der Waals surface area contributed by atoms with E-state index < -0.39 is 11.7 Å². The lowest BCUT2D eigenvalue weighted by Gasteiger charge is -2.32. The van der Waals surface area contributed by atoms with Crippen LogP contribution in [-0.4, -0.2) is 52.1 Å². The van der Waals surface area contributed by atoms with E-state index in [-0.39, 0.29) is 11.8 Å². The first kappa shape index (κ1) is 17.2. The largest absolute Gasteiger partial charge is 0.444 e. The molecule has 2 rings (SSSR count). The quantitative estimate of drug-likeness (QED) is 0.919. The Kier molecular flexibility index (Phi) is 5.52. The third-order valence-corrected chi connectivity index (χ3v) is 3.52. The van der Waals surface area contributed by atoms with Gasteiger partial charge in [-0.15, -0.1) is 0 Å². The first-order chi connectivity index (χ1) is 10.8. The minimum Gasteiger partial charge on any atom is -0.444 e. The second kappa shape index (κ2) is 7.39. The van der Waals surface area contributed by atoms with Gasteiger partial charge in [-0.3, -0.25) is 9.78 Å². The fourth-order valence-electron chi connectivity index (χ4n) is 2.53. The number of aromatic nitrogens is 2. The molecule has 2 amide bonds. The number of piperidine rings is 1. The smallest absolute Gasteiger partial charge is 0.407 e. The van der Waals surface area contributed by atoms with Crippen molar-refractivity contribution in [3.05, 3.63) is 24.3 Å². The first-order valence-electron chi connectivity index (χ1n) is 7.87. The zero-order valence-corrected chi connectivity index (χ0v) is 13.9. The molecule has 1 aromatic heterocycles. The van der Waals surface area contributed by atoms with Gasteiger partial charge < -0.3 is 15.0 Å². The Morgan fingerprint density at radius 1 is 1.39 bits per heavy atom. The lowest BCUT2D eigenvalue weighted by molar-refractivity contribution is 0.0502. The summed E-state index contributed by atoms with van der Waals surface area (Å²) in [7, 11) is 0. The number of rotatable bonds is 3. The van der Waals surface area contributed by atoms with E-state index in [0.29, 0.717) is 25.3 Å². The van der Waals surface area contributed by atoms with E-state index in [9.17, 15) is 9.59 Å². The summed E-state index contributed by atoms with van der Waals surface area (Å²) < 4.78 is 5.22. The van der Waals surface area contributed by atoms with Gasteiger partial charge >= 0.3 is 6.09 Å². The molecule has 1 unspecified atom stereocenters. The van der Waals surface area contributed by atoms with Gasteiger partial charge in [-0.25, -0.2) is 9.78 Å². The van der Waals surface area contributed by atoms with Crippen LogP contribution in [-0.2, 0) is 4.74 Å². The van der Waals surface area contributed by atoms with Gasteiger partial charge in [0.1, 0.15) is 11.3 Å². The molecule has 126 valence electrons. The van der Waals surface area contributed by atoms with Crippen LogP contribution in [0.3, 0.4) is 0 Å². The van der Waals surface area contributed by atoms with Gasteiger partial charge in [0, 0.05) is 32.0 Å². The molecule has 1 aromatic rings. The minimum atomic E-state index is -0.509. The summed E-state index contributed by atoms with van der Waals surface area (Å²) in [6, 6.07) is 0. The van der Waals surface area contributed by atoms with Crippen molar-refractivity contribution in [3.8, 4) is 0 Å². The van der Waals surface area contributed by atoms with Crippen LogP contribution < -0.4 is 5.32 Å². The van der Waals surface area contributed by atoms with Crippen LogP contribution >= 0.6 is 0 Å². The summed E-state index contributed by atoms with van der Waals surface area (Å²) in [6.07, 6.45) is 5.99. The van der Waals surface area contributed by atoms with Crippen LogP contribution in [0.15, 0.2) is 18.6 Å². The molecule has 0 radical (unpaired) electrons. The average molecular weight is 320 g/mol. The number of amides is 2. The maximum absolute atomic E-state index is 12.4. The van der Waals surface area contributed by atoms with Gasteiger partial charge in [0.25, 0.3) is 5.91 Å². The summed E-state index contributed by atoms with van der Waals surface area (Å²) in [4.78, 5) is 33.8. The van der Waals surface area contributed by atoms with Crippen LogP contribution in [0.2, 0.25) is 0 Å². The number of nitrogens with zero attached hydrogens (tertiary/aromatic N) is 3. The molecule has 0 bridgehead atoms. The van der Waals surface area contributed by atoms with Gasteiger partial charge in [-0.2, -0.15) is 0 Å². The van der Waals surface area contributed by atoms with E-state index in [2.05, 4.69) is 15.3 Å². The molecule has 1 N–H and O–H groups in total. The summed E-state index contributed by atoms with van der Waals surface area (Å²) in [5.74, 6) is 0.108. The van der Waals surface area contributed by atoms with Crippen LogP contribution in [0.25, 0.3) is 0 Å². The van der Waals surface area contributed by atoms with Gasteiger partial charge in [0.15, 0.2) is 0 Å². The number of nitrogens with one attached hydrogen (secondary N) is 1. The minimum absolute atomic E-state index is 0.111. The second-order valence-electron chi connectivity index (χ2n) is 6.73. The number of alkyl carbamates (subject to hydrolysis) is 1. The Bertz CT molecular complexity index is 542. The summed E-state index contributed by atoms with van der Waals surface area (Å²) in [6.45, 7) is 7.29.